The molecule has 1 fully saturated rings. The van der Waals surface area contributed by atoms with Gasteiger partial charge in [-0.2, -0.15) is 26.3 Å². The molecule has 30 heavy (non-hydrogen) atoms. The fraction of sp³-hybridized carbons (Fsp3) is 0.471. The maximum atomic E-state index is 13.4. The molecule has 1 unspecified atom stereocenters. The Bertz CT molecular complexity index is 1020. The Hall–Kier alpha value is -1.86. The van der Waals surface area contributed by atoms with Crippen LogP contribution in [0.4, 0.5) is 31.5 Å². The fourth-order valence-corrected chi connectivity index (χ4v) is 5.88. The minimum absolute atomic E-state index is 0.0741. The number of anilines is 1. The lowest BCUT2D eigenvalue weighted by atomic mass is 9.96. The lowest BCUT2D eigenvalue weighted by Gasteiger charge is -2.26. The molecule has 3 rings (SSSR count). The third kappa shape index (κ3) is 4.02. The summed E-state index contributed by atoms with van der Waals surface area (Å²) in [6.07, 6.45) is -8.58. The molecule has 5 nitrogen and oxygen atoms in total. The first-order valence-corrected chi connectivity index (χ1v) is 10.9. The van der Waals surface area contributed by atoms with E-state index in [4.69, 9.17) is 0 Å². The predicted molar refractivity (Wildman–Crippen MR) is 96.1 cm³/mol. The summed E-state index contributed by atoms with van der Waals surface area (Å²) in [7, 11) is -4.71. The number of benzene rings is 1. The van der Waals surface area contributed by atoms with Gasteiger partial charge in [-0.25, -0.2) is 13.4 Å². The largest absolute Gasteiger partial charge is 0.435 e. The predicted octanol–water partition coefficient (Wildman–Crippen LogP) is 4.36. The van der Waals surface area contributed by atoms with Crippen LogP contribution in [0.2, 0.25) is 0 Å². The van der Waals surface area contributed by atoms with Crippen molar-refractivity contribution in [2.75, 3.05) is 18.0 Å². The molecule has 0 aliphatic carbocycles. The lowest BCUT2D eigenvalue weighted by Crippen LogP contribution is -2.39. The summed E-state index contributed by atoms with van der Waals surface area (Å²) in [5.41, 5.74) is -5.45. The van der Waals surface area contributed by atoms with Crippen LogP contribution in [0.3, 0.4) is 0 Å². The van der Waals surface area contributed by atoms with Crippen LogP contribution in [0.15, 0.2) is 33.4 Å². The zero-order chi connectivity index (χ0) is 22.5. The third-order valence-electron chi connectivity index (χ3n) is 4.75. The first kappa shape index (κ1) is 22.8. The molecule has 0 saturated carbocycles. The second kappa shape index (κ2) is 7.38. The SMILES string of the molecule is CC(O)(c1ccc(S(=O)(=O)c2sc(N3CCCC3)nc2C(F)(F)F)cc1)C(F)(F)F. The van der Waals surface area contributed by atoms with Crippen LogP contribution < -0.4 is 4.90 Å². The van der Waals surface area contributed by atoms with Gasteiger partial charge in [0.05, 0.1) is 4.90 Å². The molecule has 0 spiro atoms. The Balaban J connectivity index is 2.05. The van der Waals surface area contributed by atoms with Crippen LogP contribution >= 0.6 is 11.3 Å². The monoisotopic (exact) mass is 474 g/mol. The van der Waals surface area contributed by atoms with Gasteiger partial charge in [-0.15, -0.1) is 0 Å². The molecule has 1 atom stereocenters. The van der Waals surface area contributed by atoms with Crippen LogP contribution in [0, 0.1) is 0 Å². The van der Waals surface area contributed by atoms with Gasteiger partial charge in [-0.1, -0.05) is 23.5 Å². The van der Waals surface area contributed by atoms with Crippen LogP contribution in [-0.4, -0.2) is 37.8 Å². The Morgan fingerprint density at radius 1 is 1.03 bits per heavy atom. The summed E-state index contributed by atoms with van der Waals surface area (Å²) in [5, 5.41) is 9.60. The molecule has 1 N–H and O–H groups in total. The van der Waals surface area contributed by atoms with E-state index in [1.54, 1.807) is 4.90 Å². The van der Waals surface area contributed by atoms with Crippen LogP contribution in [0.25, 0.3) is 0 Å². The Morgan fingerprint density at radius 2 is 1.57 bits per heavy atom. The highest BCUT2D eigenvalue weighted by Crippen LogP contribution is 2.43. The van der Waals surface area contributed by atoms with Gasteiger partial charge in [0, 0.05) is 13.1 Å². The van der Waals surface area contributed by atoms with E-state index in [9.17, 15) is 39.9 Å². The molecule has 1 aliphatic rings. The van der Waals surface area contributed by atoms with E-state index < -0.39 is 48.2 Å². The van der Waals surface area contributed by atoms with Crippen LogP contribution in [0.5, 0.6) is 0 Å². The van der Waals surface area contributed by atoms with E-state index in [0.29, 0.717) is 31.4 Å². The average molecular weight is 474 g/mol. The standard InChI is InChI=1S/C17H16F6N2O3S2/c1-15(26,17(21,22)23)10-4-6-11(7-5-10)30(27,28)13-12(16(18,19)20)24-14(29-13)25-8-2-3-9-25/h4-7,26H,2-3,8-9H2,1H3. The maximum Gasteiger partial charge on any atom is 0.435 e. The third-order valence-corrected chi connectivity index (χ3v) is 8.15. The molecular weight excluding hydrogens is 458 g/mol. The number of aromatic nitrogens is 1. The minimum atomic E-state index is -5.03. The molecule has 13 heteroatoms. The number of alkyl halides is 6. The number of thiazole rings is 1. The summed E-state index contributed by atoms with van der Waals surface area (Å²) in [6, 6.07) is 2.91. The van der Waals surface area contributed by atoms with E-state index in [1.165, 1.54) is 0 Å². The van der Waals surface area contributed by atoms with Crippen molar-refractivity contribution in [3.05, 3.63) is 35.5 Å². The summed E-state index contributed by atoms with van der Waals surface area (Å²) >= 11 is 0.377. The zero-order valence-electron chi connectivity index (χ0n) is 15.4. The van der Waals surface area contributed by atoms with Crippen molar-refractivity contribution in [3.63, 3.8) is 0 Å². The van der Waals surface area contributed by atoms with E-state index in [1.807, 2.05) is 0 Å². The van der Waals surface area contributed by atoms with E-state index in [-0.39, 0.29) is 5.13 Å². The highest BCUT2D eigenvalue weighted by Gasteiger charge is 2.51. The number of nitrogens with zero attached hydrogens (tertiary/aromatic N) is 2. The van der Waals surface area contributed by atoms with Crippen molar-refractivity contribution in [2.45, 2.75) is 46.8 Å². The molecule has 1 aliphatic heterocycles. The molecule has 0 amide bonds. The first-order valence-electron chi connectivity index (χ1n) is 8.63. The number of hydrogen-bond donors (Lipinski definition) is 1. The topological polar surface area (TPSA) is 70.5 Å². The summed E-state index contributed by atoms with van der Waals surface area (Å²) in [6.45, 7) is 1.39. The molecular formula is C17H16F6N2O3S2. The number of aliphatic hydroxyl groups is 1. The molecule has 2 heterocycles. The fourth-order valence-electron chi connectivity index (χ4n) is 2.93. The Morgan fingerprint density at radius 3 is 2.03 bits per heavy atom. The second-order valence-corrected chi connectivity index (χ2v) is 10.0. The number of sulfone groups is 1. The van der Waals surface area contributed by atoms with Crippen molar-refractivity contribution in [2.24, 2.45) is 0 Å². The molecule has 1 saturated heterocycles. The van der Waals surface area contributed by atoms with Gasteiger partial charge in [-0.3, -0.25) is 0 Å². The maximum absolute atomic E-state index is 13.4. The van der Waals surface area contributed by atoms with Crippen molar-refractivity contribution in [3.8, 4) is 0 Å². The van der Waals surface area contributed by atoms with Gasteiger partial charge in [0.15, 0.2) is 20.6 Å². The van der Waals surface area contributed by atoms with Crippen LogP contribution in [0.1, 0.15) is 31.0 Å². The van der Waals surface area contributed by atoms with Gasteiger partial charge < -0.3 is 10.0 Å². The van der Waals surface area contributed by atoms with Gasteiger partial charge >= 0.3 is 12.4 Å². The minimum Gasteiger partial charge on any atom is -0.376 e. The molecule has 1 aromatic heterocycles. The molecule has 0 bridgehead atoms. The number of halogens is 6. The second-order valence-electron chi connectivity index (χ2n) is 6.92. The summed E-state index contributed by atoms with van der Waals surface area (Å²) < 4.78 is 104. The van der Waals surface area contributed by atoms with E-state index in [0.717, 1.165) is 37.1 Å². The lowest BCUT2D eigenvalue weighted by molar-refractivity contribution is -0.258. The summed E-state index contributed by atoms with van der Waals surface area (Å²) in [4.78, 5) is 4.42. The number of hydrogen-bond acceptors (Lipinski definition) is 6. The van der Waals surface area contributed by atoms with Gasteiger partial charge in [0.2, 0.25) is 9.84 Å². The summed E-state index contributed by atoms with van der Waals surface area (Å²) in [5.74, 6) is 0. The first-order chi connectivity index (χ1) is 13.7. The van der Waals surface area contributed by atoms with Crippen LogP contribution in [-0.2, 0) is 21.6 Å². The average Bonchev–Trinajstić information content (AvgIpc) is 3.30. The van der Waals surface area contributed by atoms with Gasteiger partial charge in [0.1, 0.15) is 0 Å². The van der Waals surface area contributed by atoms with Crippen molar-refractivity contribution >= 4 is 26.3 Å². The highest BCUT2D eigenvalue weighted by atomic mass is 32.2. The molecule has 0 radical (unpaired) electrons. The van der Waals surface area contributed by atoms with E-state index >= 15 is 0 Å². The molecule has 166 valence electrons. The van der Waals surface area contributed by atoms with Crippen molar-refractivity contribution in [1.29, 1.82) is 0 Å². The van der Waals surface area contributed by atoms with Gasteiger partial charge in [0.25, 0.3) is 0 Å². The Kier molecular flexibility index (Phi) is 5.61. The molecule has 2 aromatic rings. The van der Waals surface area contributed by atoms with Gasteiger partial charge in [-0.05, 0) is 37.5 Å². The normalized spacial score (nSPS) is 17.9. The highest BCUT2D eigenvalue weighted by molar-refractivity contribution is 7.93. The molecule has 1 aromatic carbocycles. The smallest absolute Gasteiger partial charge is 0.376 e. The Labute approximate surface area is 171 Å². The number of rotatable bonds is 4. The van der Waals surface area contributed by atoms with E-state index in [2.05, 4.69) is 4.98 Å². The van der Waals surface area contributed by atoms with Crippen molar-refractivity contribution < 1.29 is 39.9 Å². The zero-order valence-corrected chi connectivity index (χ0v) is 17.0. The van der Waals surface area contributed by atoms with Crippen molar-refractivity contribution in [1.82, 2.24) is 4.98 Å². The quantitative estimate of drug-likeness (QED) is 0.667.